The van der Waals surface area contributed by atoms with Crippen LogP contribution in [-0.4, -0.2) is 10.2 Å². The summed E-state index contributed by atoms with van der Waals surface area (Å²) in [6.45, 7) is 2.03. The molecule has 1 aromatic carbocycles. The molecule has 23 heavy (non-hydrogen) atoms. The molecule has 1 atom stereocenters. The Labute approximate surface area is 141 Å². The van der Waals surface area contributed by atoms with Crippen molar-refractivity contribution in [2.24, 2.45) is 5.73 Å². The molecule has 2 heterocycles. The molecule has 1 aliphatic heterocycles. The maximum Gasteiger partial charge on any atom is 0.244 e. The number of nitriles is 1. The molecule has 0 bridgehead atoms. The molecule has 0 saturated carbocycles. The first kappa shape index (κ1) is 15.6. The molecule has 1 aliphatic rings. The van der Waals surface area contributed by atoms with E-state index >= 15 is 0 Å². The molecule has 3 N–H and O–H groups in total. The van der Waals surface area contributed by atoms with Gasteiger partial charge >= 0.3 is 0 Å². The lowest BCUT2D eigenvalue weighted by atomic mass is 9.83. The predicted octanol–water partition coefficient (Wildman–Crippen LogP) is 3.48. The van der Waals surface area contributed by atoms with Crippen LogP contribution in [0, 0.1) is 17.1 Å². The third-order valence-corrected chi connectivity index (χ3v) is 4.28. The molecule has 3 rings (SSSR count). The number of hydrogen-bond acceptors (Lipinski definition) is 4. The summed E-state index contributed by atoms with van der Waals surface area (Å²) in [5.41, 5.74) is 7.90. The molecule has 0 spiro atoms. The van der Waals surface area contributed by atoms with Gasteiger partial charge in [0.05, 0.1) is 11.5 Å². The summed E-state index contributed by atoms with van der Waals surface area (Å²) in [5, 5.41) is 16.5. The van der Waals surface area contributed by atoms with E-state index in [0.717, 1.165) is 23.0 Å². The minimum atomic E-state index is -0.637. The van der Waals surface area contributed by atoms with Crippen molar-refractivity contribution in [3.63, 3.8) is 0 Å². The standard InChI is InChI=1S/C16H14BrFN4O/c1-2-3-12-14-13(9-6-8(17)4-5-11(9)18)10(7-19)15(20)23-16(14)22-21-12/h4-6,13H,2-3,20H2,1H3,(H,21,22)/t13-/m0/s1. The molecule has 118 valence electrons. The van der Waals surface area contributed by atoms with Crippen LogP contribution in [0.3, 0.4) is 0 Å². The lowest BCUT2D eigenvalue weighted by Gasteiger charge is -2.24. The van der Waals surface area contributed by atoms with E-state index in [2.05, 4.69) is 32.2 Å². The summed E-state index contributed by atoms with van der Waals surface area (Å²) in [6, 6.07) is 6.68. The minimum absolute atomic E-state index is 0.0427. The van der Waals surface area contributed by atoms with Gasteiger partial charge in [-0.3, -0.25) is 5.10 Å². The van der Waals surface area contributed by atoms with Crippen LogP contribution >= 0.6 is 15.9 Å². The molecule has 0 saturated heterocycles. The molecule has 0 aliphatic carbocycles. The van der Waals surface area contributed by atoms with E-state index in [4.69, 9.17) is 10.5 Å². The van der Waals surface area contributed by atoms with Crippen LogP contribution in [0.1, 0.15) is 36.1 Å². The zero-order valence-electron chi connectivity index (χ0n) is 12.4. The second-order valence-electron chi connectivity index (χ2n) is 5.26. The second-order valence-corrected chi connectivity index (χ2v) is 6.18. The van der Waals surface area contributed by atoms with Gasteiger partial charge in [0.1, 0.15) is 17.5 Å². The number of fused-ring (bicyclic) bond motifs is 1. The number of allylic oxidation sites excluding steroid dienone is 1. The van der Waals surface area contributed by atoms with E-state index in [0.29, 0.717) is 17.0 Å². The Morgan fingerprint density at radius 3 is 3.00 bits per heavy atom. The first-order valence-corrected chi connectivity index (χ1v) is 7.95. The fourth-order valence-electron chi connectivity index (χ4n) is 2.80. The number of hydrogen-bond donors (Lipinski definition) is 2. The van der Waals surface area contributed by atoms with Crippen molar-refractivity contribution in [3.8, 4) is 11.9 Å². The largest absolute Gasteiger partial charge is 0.420 e. The van der Waals surface area contributed by atoms with Crippen LogP contribution in [0.25, 0.3) is 0 Å². The number of ether oxygens (including phenoxy) is 1. The quantitative estimate of drug-likeness (QED) is 0.857. The highest BCUT2D eigenvalue weighted by Gasteiger charge is 2.36. The van der Waals surface area contributed by atoms with Crippen LogP contribution in [-0.2, 0) is 6.42 Å². The van der Waals surface area contributed by atoms with Gasteiger partial charge in [-0.1, -0.05) is 29.3 Å². The van der Waals surface area contributed by atoms with Gasteiger partial charge in [-0.05, 0) is 24.6 Å². The number of nitrogens with two attached hydrogens (primary N) is 1. The van der Waals surface area contributed by atoms with Crippen LogP contribution in [0.5, 0.6) is 5.88 Å². The minimum Gasteiger partial charge on any atom is -0.420 e. The summed E-state index contributed by atoms with van der Waals surface area (Å²) in [4.78, 5) is 0. The van der Waals surface area contributed by atoms with Crippen molar-refractivity contribution < 1.29 is 9.13 Å². The topological polar surface area (TPSA) is 87.7 Å². The van der Waals surface area contributed by atoms with Crippen LogP contribution < -0.4 is 10.5 Å². The number of aromatic nitrogens is 2. The highest BCUT2D eigenvalue weighted by molar-refractivity contribution is 9.10. The summed E-state index contributed by atoms with van der Waals surface area (Å²) < 4.78 is 20.6. The first-order chi connectivity index (χ1) is 11.1. The predicted molar refractivity (Wildman–Crippen MR) is 86.0 cm³/mol. The van der Waals surface area contributed by atoms with E-state index in [1.165, 1.54) is 6.07 Å². The van der Waals surface area contributed by atoms with E-state index in [1.807, 2.05) is 6.92 Å². The number of rotatable bonds is 3. The third-order valence-electron chi connectivity index (χ3n) is 3.79. The molecule has 0 amide bonds. The average molecular weight is 377 g/mol. The van der Waals surface area contributed by atoms with Crippen LogP contribution in [0.4, 0.5) is 4.39 Å². The summed E-state index contributed by atoms with van der Waals surface area (Å²) in [5.74, 6) is -0.787. The van der Waals surface area contributed by atoms with Crippen molar-refractivity contribution in [2.45, 2.75) is 25.7 Å². The summed E-state index contributed by atoms with van der Waals surface area (Å²) in [6.07, 6.45) is 1.60. The first-order valence-electron chi connectivity index (χ1n) is 7.16. The lowest BCUT2D eigenvalue weighted by molar-refractivity contribution is 0.377. The Kier molecular flexibility index (Phi) is 4.09. The van der Waals surface area contributed by atoms with Crippen molar-refractivity contribution in [2.75, 3.05) is 0 Å². The van der Waals surface area contributed by atoms with Crippen molar-refractivity contribution in [1.29, 1.82) is 5.26 Å². The summed E-state index contributed by atoms with van der Waals surface area (Å²) >= 11 is 3.35. The van der Waals surface area contributed by atoms with E-state index in [9.17, 15) is 9.65 Å². The van der Waals surface area contributed by atoms with Crippen molar-refractivity contribution >= 4 is 15.9 Å². The van der Waals surface area contributed by atoms with Gasteiger partial charge in [0, 0.05) is 15.7 Å². The number of aromatic amines is 1. The summed E-state index contributed by atoms with van der Waals surface area (Å²) in [7, 11) is 0. The Hall–Kier alpha value is -2.33. The molecule has 0 radical (unpaired) electrons. The number of halogens is 2. The third kappa shape index (κ3) is 2.59. The number of benzene rings is 1. The maximum atomic E-state index is 14.4. The van der Waals surface area contributed by atoms with Gasteiger partial charge in [-0.15, -0.1) is 5.10 Å². The Morgan fingerprint density at radius 1 is 1.52 bits per heavy atom. The van der Waals surface area contributed by atoms with Gasteiger partial charge in [0.25, 0.3) is 0 Å². The van der Waals surface area contributed by atoms with E-state index in [1.54, 1.807) is 12.1 Å². The fourth-order valence-corrected chi connectivity index (χ4v) is 3.17. The molecule has 7 heteroatoms. The van der Waals surface area contributed by atoms with Gasteiger partial charge in [-0.2, -0.15) is 5.26 Å². The average Bonchev–Trinajstić information content (AvgIpc) is 2.91. The molecular weight excluding hydrogens is 363 g/mol. The maximum absolute atomic E-state index is 14.4. The zero-order valence-corrected chi connectivity index (χ0v) is 13.9. The Bertz CT molecular complexity index is 837. The van der Waals surface area contributed by atoms with E-state index in [-0.39, 0.29) is 11.5 Å². The lowest BCUT2D eigenvalue weighted by Crippen LogP contribution is -2.22. The number of nitrogens with one attached hydrogen (secondary N) is 1. The number of aryl methyl sites for hydroxylation is 1. The fraction of sp³-hybridized carbons (Fsp3) is 0.250. The van der Waals surface area contributed by atoms with Gasteiger partial charge in [0.2, 0.25) is 11.8 Å². The molecule has 0 fully saturated rings. The highest BCUT2D eigenvalue weighted by atomic mass is 79.9. The number of nitrogens with zero attached hydrogens (tertiary/aromatic N) is 2. The van der Waals surface area contributed by atoms with Crippen LogP contribution in [0.15, 0.2) is 34.1 Å². The Morgan fingerprint density at radius 2 is 2.30 bits per heavy atom. The van der Waals surface area contributed by atoms with Crippen LogP contribution in [0.2, 0.25) is 0 Å². The van der Waals surface area contributed by atoms with Crippen molar-refractivity contribution in [3.05, 3.63) is 56.8 Å². The Balaban J connectivity index is 2.26. The monoisotopic (exact) mass is 376 g/mol. The van der Waals surface area contributed by atoms with Gasteiger partial charge < -0.3 is 10.5 Å². The van der Waals surface area contributed by atoms with E-state index < -0.39 is 11.7 Å². The molecule has 1 aromatic heterocycles. The number of H-pyrrole nitrogens is 1. The zero-order chi connectivity index (χ0) is 16.6. The van der Waals surface area contributed by atoms with Gasteiger partial charge in [0.15, 0.2) is 0 Å². The second kappa shape index (κ2) is 6.05. The molecule has 2 aromatic rings. The van der Waals surface area contributed by atoms with Crippen molar-refractivity contribution in [1.82, 2.24) is 10.2 Å². The highest BCUT2D eigenvalue weighted by Crippen LogP contribution is 2.44. The smallest absolute Gasteiger partial charge is 0.244 e. The normalized spacial score (nSPS) is 16.7. The molecular formula is C16H14BrFN4O. The SMILES string of the molecule is CCCc1[nH]nc2c1[C@@H](c1cc(Br)ccc1F)C(C#N)=C(N)O2. The van der Waals surface area contributed by atoms with Gasteiger partial charge in [-0.25, -0.2) is 4.39 Å². The molecule has 5 nitrogen and oxygen atoms in total. The molecule has 0 unspecified atom stereocenters.